The first-order valence-electron chi connectivity index (χ1n) is 10.9. The van der Waals surface area contributed by atoms with E-state index in [2.05, 4.69) is 5.32 Å². The number of para-hydroxylation sites is 1. The van der Waals surface area contributed by atoms with Gasteiger partial charge in [-0.2, -0.15) is 0 Å². The Hall–Kier alpha value is -3.65. The smallest absolute Gasteiger partial charge is 0.264 e. The van der Waals surface area contributed by atoms with Gasteiger partial charge >= 0.3 is 0 Å². The molecular weight excluding hydrogens is 450 g/mol. The van der Waals surface area contributed by atoms with Gasteiger partial charge in [0.15, 0.2) is 0 Å². The number of nitrogens with one attached hydrogen (secondary N) is 1. The molecule has 0 saturated carbocycles. The summed E-state index contributed by atoms with van der Waals surface area (Å²) in [5, 5.41) is 2.57. The molecule has 0 aliphatic rings. The average Bonchev–Trinajstić information content (AvgIpc) is 2.85. The van der Waals surface area contributed by atoms with Crippen molar-refractivity contribution in [3.63, 3.8) is 0 Å². The monoisotopic (exact) mass is 479 g/mol. The van der Waals surface area contributed by atoms with E-state index in [0.29, 0.717) is 5.69 Å². The largest absolute Gasteiger partial charge is 0.357 e. The molecule has 0 aromatic heterocycles. The molecule has 0 spiro atoms. The molecule has 3 rings (SSSR count). The van der Waals surface area contributed by atoms with Crippen LogP contribution in [0.2, 0.25) is 0 Å². The quantitative estimate of drug-likeness (QED) is 0.510. The first kappa shape index (κ1) is 25.0. The number of sulfonamides is 1. The predicted molar refractivity (Wildman–Crippen MR) is 133 cm³/mol. The van der Waals surface area contributed by atoms with Crippen molar-refractivity contribution in [3.05, 3.63) is 96.1 Å². The number of anilines is 1. The van der Waals surface area contributed by atoms with Crippen molar-refractivity contribution in [3.8, 4) is 0 Å². The van der Waals surface area contributed by atoms with Crippen LogP contribution >= 0.6 is 0 Å². The van der Waals surface area contributed by atoms with E-state index in [9.17, 15) is 18.0 Å². The van der Waals surface area contributed by atoms with Gasteiger partial charge < -0.3 is 10.2 Å². The molecule has 0 aliphatic carbocycles. The number of rotatable bonds is 9. The molecular formula is C26H29N3O4S. The van der Waals surface area contributed by atoms with Gasteiger partial charge in [0.05, 0.1) is 10.6 Å². The van der Waals surface area contributed by atoms with Crippen molar-refractivity contribution in [2.24, 2.45) is 0 Å². The van der Waals surface area contributed by atoms with Gasteiger partial charge in [0.1, 0.15) is 12.6 Å². The summed E-state index contributed by atoms with van der Waals surface area (Å²) in [6.07, 6.45) is 0. The third-order valence-electron chi connectivity index (χ3n) is 5.50. The third-order valence-corrected chi connectivity index (χ3v) is 7.29. The summed E-state index contributed by atoms with van der Waals surface area (Å²) in [6.45, 7) is 3.30. The van der Waals surface area contributed by atoms with E-state index in [-0.39, 0.29) is 17.3 Å². The first-order valence-corrected chi connectivity index (χ1v) is 12.4. The van der Waals surface area contributed by atoms with E-state index in [1.54, 1.807) is 55.5 Å². The fraction of sp³-hybridized carbons (Fsp3) is 0.231. The Labute approximate surface area is 201 Å². The lowest BCUT2D eigenvalue weighted by Gasteiger charge is -2.31. The number of carbonyl (C=O) groups excluding carboxylic acids is 2. The molecule has 178 valence electrons. The molecule has 0 saturated heterocycles. The van der Waals surface area contributed by atoms with Gasteiger partial charge in [-0.25, -0.2) is 8.42 Å². The third kappa shape index (κ3) is 5.82. The van der Waals surface area contributed by atoms with Crippen LogP contribution in [0.3, 0.4) is 0 Å². The summed E-state index contributed by atoms with van der Waals surface area (Å²) in [7, 11) is -2.52. The minimum atomic E-state index is -4.03. The zero-order chi connectivity index (χ0) is 24.7. The molecule has 2 amide bonds. The van der Waals surface area contributed by atoms with Gasteiger partial charge in [0.2, 0.25) is 11.8 Å². The number of likely N-dealkylation sites (N-methyl/N-ethyl adjacent to an activating group) is 1. The van der Waals surface area contributed by atoms with Crippen molar-refractivity contribution >= 4 is 27.5 Å². The normalized spacial score (nSPS) is 12.0. The first-order chi connectivity index (χ1) is 16.2. The minimum absolute atomic E-state index is 0.0798. The highest BCUT2D eigenvalue weighted by atomic mass is 32.2. The molecule has 8 heteroatoms. The second kappa shape index (κ2) is 11.0. The van der Waals surface area contributed by atoms with Crippen molar-refractivity contribution in [2.45, 2.75) is 31.3 Å². The second-order valence-electron chi connectivity index (χ2n) is 7.96. The molecule has 0 heterocycles. The number of benzene rings is 3. The van der Waals surface area contributed by atoms with E-state index in [1.807, 2.05) is 31.2 Å². The fourth-order valence-electron chi connectivity index (χ4n) is 3.64. The van der Waals surface area contributed by atoms with Gasteiger partial charge in [-0.3, -0.25) is 13.9 Å². The molecule has 0 radical (unpaired) electrons. The lowest BCUT2D eigenvalue weighted by molar-refractivity contribution is -0.139. The maximum absolute atomic E-state index is 13.6. The van der Waals surface area contributed by atoms with Crippen LogP contribution in [0, 0.1) is 6.92 Å². The number of amides is 2. The molecule has 3 aromatic rings. The van der Waals surface area contributed by atoms with E-state index >= 15 is 0 Å². The van der Waals surface area contributed by atoms with E-state index < -0.39 is 28.5 Å². The molecule has 34 heavy (non-hydrogen) atoms. The Bertz CT molecular complexity index is 1230. The van der Waals surface area contributed by atoms with Gasteiger partial charge in [0.25, 0.3) is 10.0 Å². The molecule has 1 atom stereocenters. The zero-order valence-electron chi connectivity index (χ0n) is 19.5. The standard InChI is InChI=1S/C26H29N3O4S/c1-20-11-10-12-22(17-20)18-28(21(2)26(31)27-3)25(30)19-29(23-13-6-4-7-14-23)34(32,33)24-15-8-5-9-16-24/h4-17,21H,18-19H2,1-3H3,(H,27,31)/t21-/m0/s1. The zero-order valence-corrected chi connectivity index (χ0v) is 20.3. The van der Waals surface area contributed by atoms with Crippen molar-refractivity contribution < 1.29 is 18.0 Å². The van der Waals surface area contributed by atoms with E-state index in [0.717, 1.165) is 15.4 Å². The summed E-state index contributed by atoms with van der Waals surface area (Å²) in [5.41, 5.74) is 2.24. The van der Waals surface area contributed by atoms with Crippen LogP contribution in [0.5, 0.6) is 0 Å². The lowest BCUT2D eigenvalue weighted by atomic mass is 10.1. The lowest BCUT2D eigenvalue weighted by Crippen LogP contribution is -2.50. The van der Waals surface area contributed by atoms with E-state index in [4.69, 9.17) is 0 Å². The molecule has 0 unspecified atom stereocenters. The number of nitrogens with zero attached hydrogens (tertiary/aromatic N) is 2. The summed E-state index contributed by atoms with van der Waals surface area (Å²) in [5.74, 6) is -0.820. The van der Waals surface area contributed by atoms with Crippen LogP contribution in [-0.4, -0.2) is 44.8 Å². The molecule has 0 fully saturated rings. The molecule has 3 aromatic carbocycles. The van der Waals surface area contributed by atoms with Crippen molar-refractivity contribution in [1.82, 2.24) is 10.2 Å². The predicted octanol–water partition coefficient (Wildman–Crippen LogP) is 3.35. The van der Waals surface area contributed by atoms with Crippen LogP contribution in [0.4, 0.5) is 5.69 Å². The average molecular weight is 480 g/mol. The fourth-order valence-corrected chi connectivity index (χ4v) is 5.08. The number of hydrogen-bond acceptors (Lipinski definition) is 4. The van der Waals surface area contributed by atoms with Crippen LogP contribution in [0.15, 0.2) is 89.8 Å². The molecule has 0 aliphatic heterocycles. The Morgan fingerprint density at radius 1 is 0.912 bits per heavy atom. The topological polar surface area (TPSA) is 86.8 Å². The SMILES string of the molecule is CNC(=O)[C@H](C)N(Cc1cccc(C)c1)C(=O)CN(c1ccccc1)S(=O)(=O)c1ccccc1. The van der Waals surface area contributed by atoms with Gasteiger partial charge in [0, 0.05) is 13.6 Å². The number of aryl methyl sites for hydroxylation is 1. The number of hydrogen-bond donors (Lipinski definition) is 1. The Balaban J connectivity index is 1.99. The summed E-state index contributed by atoms with van der Waals surface area (Å²) in [6, 6.07) is 23.3. The maximum atomic E-state index is 13.6. The van der Waals surface area contributed by atoms with Crippen molar-refractivity contribution in [1.29, 1.82) is 0 Å². The Kier molecular flexibility index (Phi) is 8.07. The highest BCUT2D eigenvalue weighted by molar-refractivity contribution is 7.92. The maximum Gasteiger partial charge on any atom is 0.264 e. The van der Waals surface area contributed by atoms with Gasteiger partial charge in [-0.1, -0.05) is 66.2 Å². The van der Waals surface area contributed by atoms with Gasteiger partial charge in [-0.15, -0.1) is 0 Å². The molecule has 0 bridgehead atoms. The number of carbonyl (C=O) groups is 2. The van der Waals surface area contributed by atoms with Gasteiger partial charge in [-0.05, 0) is 43.7 Å². The molecule has 7 nitrogen and oxygen atoms in total. The highest BCUT2D eigenvalue weighted by Crippen LogP contribution is 2.24. The van der Waals surface area contributed by atoms with Crippen LogP contribution in [0.1, 0.15) is 18.1 Å². The second-order valence-corrected chi connectivity index (χ2v) is 9.82. The molecule has 1 N–H and O–H groups in total. The minimum Gasteiger partial charge on any atom is -0.357 e. The van der Waals surface area contributed by atoms with Crippen LogP contribution < -0.4 is 9.62 Å². The Morgan fingerprint density at radius 3 is 2.12 bits per heavy atom. The summed E-state index contributed by atoms with van der Waals surface area (Å²) >= 11 is 0. The van der Waals surface area contributed by atoms with Crippen LogP contribution in [0.25, 0.3) is 0 Å². The van der Waals surface area contributed by atoms with E-state index in [1.165, 1.54) is 24.1 Å². The summed E-state index contributed by atoms with van der Waals surface area (Å²) < 4.78 is 28.1. The highest BCUT2D eigenvalue weighted by Gasteiger charge is 2.32. The van der Waals surface area contributed by atoms with Crippen LogP contribution in [-0.2, 0) is 26.2 Å². The Morgan fingerprint density at radius 2 is 1.53 bits per heavy atom. The van der Waals surface area contributed by atoms with Crippen molar-refractivity contribution in [2.75, 3.05) is 17.9 Å². The summed E-state index contributed by atoms with van der Waals surface area (Å²) in [4.78, 5) is 27.5.